The van der Waals surface area contributed by atoms with E-state index in [0.717, 1.165) is 40.8 Å². The molecule has 0 atom stereocenters. The molecule has 0 spiro atoms. The average molecular weight is 486 g/mol. The Hall–Kier alpha value is -4.50. The number of rotatable bonds is 9. The predicted octanol–water partition coefficient (Wildman–Crippen LogP) is 1.61. The molecule has 36 heavy (non-hydrogen) atoms. The van der Waals surface area contributed by atoms with Crippen LogP contribution in [0.5, 0.6) is 0 Å². The lowest BCUT2D eigenvalue weighted by molar-refractivity contribution is -0.367. The van der Waals surface area contributed by atoms with Crippen LogP contribution < -0.4 is 16.8 Å². The summed E-state index contributed by atoms with van der Waals surface area (Å²) in [7, 11) is 1.53. The molecule has 9 nitrogen and oxygen atoms in total. The predicted molar refractivity (Wildman–Crippen MR) is 137 cm³/mol. The zero-order valence-electron chi connectivity index (χ0n) is 20.1. The molecular weight excluding hydrogens is 456 g/mol. The number of carbonyl (C=O) groups is 3. The van der Waals surface area contributed by atoms with Crippen LogP contribution >= 0.6 is 0 Å². The normalized spacial score (nSPS) is 10.8. The number of hydrogen-bond donors (Lipinski definition) is 3. The number of quaternary nitrogens is 1. The highest BCUT2D eigenvalue weighted by Crippen LogP contribution is 2.30. The van der Waals surface area contributed by atoms with E-state index in [1.165, 1.54) is 11.9 Å². The van der Waals surface area contributed by atoms with E-state index >= 15 is 0 Å². The lowest BCUT2D eigenvalue weighted by Gasteiger charge is -2.15. The highest BCUT2D eigenvalue weighted by molar-refractivity contribution is 5.98. The number of likely N-dealkylation sites (N-methyl/N-ethyl adjacent to an activating group) is 1. The van der Waals surface area contributed by atoms with Crippen LogP contribution in [0.25, 0.3) is 27.8 Å². The van der Waals surface area contributed by atoms with E-state index in [2.05, 4.69) is 11.1 Å². The number of benzene rings is 3. The van der Waals surface area contributed by atoms with Gasteiger partial charge in [0.25, 0.3) is 11.8 Å². The number of nitrogens with zero attached hydrogens (tertiary/aromatic N) is 3. The topological polar surface area (TPSA) is 138 Å². The summed E-state index contributed by atoms with van der Waals surface area (Å²) in [4.78, 5) is 37.3. The van der Waals surface area contributed by atoms with Crippen molar-refractivity contribution in [2.24, 2.45) is 5.73 Å². The van der Waals surface area contributed by atoms with Crippen molar-refractivity contribution in [2.45, 2.75) is 6.42 Å². The van der Waals surface area contributed by atoms with Gasteiger partial charge in [0, 0.05) is 42.1 Å². The van der Waals surface area contributed by atoms with Crippen LogP contribution in [0, 0.1) is 0 Å². The van der Waals surface area contributed by atoms with Crippen molar-refractivity contribution in [1.82, 2.24) is 20.0 Å². The maximum absolute atomic E-state index is 12.5. The quantitative estimate of drug-likeness (QED) is 0.310. The first-order valence-corrected chi connectivity index (χ1v) is 11.7. The van der Waals surface area contributed by atoms with Crippen LogP contribution in [-0.4, -0.2) is 59.1 Å². The first-order valence-electron chi connectivity index (χ1n) is 11.7. The van der Waals surface area contributed by atoms with Gasteiger partial charge in [0.15, 0.2) is 0 Å². The largest absolute Gasteiger partial charge is 0.368 e. The molecule has 1 aromatic heterocycles. The fraction of sp³-hybridized carbons (Fsp3) is 0.185. The van der Waals surface area contributed by atoms with Gasteiger partial charge in [0.2, 0.25) is 5.91 Å². The number of primary amides is 1. The van der Waals surface area contributed by atoms with Gasteiger partial charge < -0.3 is 21.7 Å². The van der Waals surface area contributed by atoms with Gasteiger partial charge in [-0.05, 0) is 42.5 Å². The summed E-state index contributed by atoms with van der Waals surface area (Å²) in [6.07, 6.45) is 0.840. The van der Waals surface area contributed by atoms with Gasteiger partial charge in [-0.25, -0.2) is 4.68 Å². The Bertz CT molecular complexity index is 1390. The Morgan fingerprint density at radius 3 is 2.31 bits per heavy atom. The van der Waals surface area contributed by atoms with Crippen molar-refractivity contribution >= 4 is 28.6 Å². The molecule has 6 N–H and O–H groups in total. The van der Waals surface area contributed by atoms with Gasteiger partial charge in [-0.1, -0.05) is 30.3 Å². The first-order chi connectivity index (χ1) is 17.4. The average Bonchev–Trinajstić information content (AvgIpc) is 3.28. The molecule has 0 fully saturated rings. The van der Waals surface area contributed by atoms with Gasteiger partial charge in [0.1, 0.15) is 5.69 Å². The number of nitrogens with two attached hydrogens (primary N) is 1. The third-order valence-electron chi connectivity index (χ3n) is 5.82. The summed E-state index contributed by atoms with van der Waals surface area (Å²) in [6.45, 7) is 1.23. The van der Waals surface area contributed by atoms with E-state index in [4.69, 9.17) is 10.8 Å². The van der Waals surface area contributed by atoms with Crippen LogP contribution in [0.4, 0.5) is 0 Å². The maximum atomic E-state index is 12.5. The molecule has 0 aliphatic carbocycles. The van der Waals surface area contributed by atoms with Gasteiger partial charge in [0.05, 0.1) is 24.3 Å². The number of nitrogens with one attached hydrogen (secondary N) is 1. The van der Waals surface area contributed by atoms with Gasteiger partial charge in [-0.15, -0.1) is 0 Å². The maximum Gasteiger partial charge on any atom is 0.254 e. The summed E-state index contributed by atoms with van der Waals surface area (Å²) in [5.74, 6) is -0.968. The first kappa shape index (κ1) is 24.6. The van der Waals surface area contributed by atoms with E-state index in [1.807, 2.05) is 53.2 Å². The minimum atomic E-state index is -0.569. The lowest BCUT2D eigenvalue weighted by Crippen LogP contribution is -2.51. The summed E-state index contributed by atoms with van der Waals surface area (Å²) in [5, 5.41) is 8.73. The molecule has 0 aliphatic rings. The number of para-hydroxylation sites is 1. The van der Waals surface area contributed by atoms with Crippen LogP contribution in [0.1, 0.15) is 27.1 Å². The second-order valence-corrected chi connectivity index (χ2v) is 8.49. The van der Waals surface area contributed by atoms with Crippen molar-refractivity contribution in [3.05, 3.63) is 83.9 Å². The van der Waals surface area contributed by atoms with Crippen LogP contribution in [-0.2, 0) is 4.79 Å². The van der Waals surface area contributed by atoms with E-state index < -0.39 is 5.91 Å². The molecule has 1 heterocycles. The third kappa shape index (κ3) is 5.26. The molecular formula is C27H29N6O3+. The SMILES string of the molecule is CN(CC(N)=O)C(=O)c1ccc(-n2nc(-c3ccc(C(=O)NCCC[NH3+])cc3)c3ccccc32)cc1. The van der Waals surface area contributed by atoms with Crippen molar-refractivity contribution in [1.29, 1.82) is 0 Å². The zero-order chi connectivity index (χ0) is 25.7. The van der Waals surface area contributed by atoms with Gasteiger partial charge in [-0.2, -0.15) is 5.10 Å². The second-order valence-electron chi connectivity index (χ2n) is 8.49. The molecule has 9 heteroatoms. The van der Waals surface area contributed by atoms with E-state index in [1.54, 1.807) is 24.3 Å². The molecule has 4 rings (SSSR count). The monoisotopic (exact) mass is 485 g/mol. The Morgan fingerprint density at radius 1 is 0.972 bits per heavy atom. The van der Waals surface area contributed by atoms with Crippen LogP contribution in [0.2, 0.25) is 0 Å². The molecule has 0 saturated carbocycles. The Morgan fingerprint density at radius 2 is 1.64 bits per heavy atom. The molecule has 0 unspecified atom stereocenters. The van der Waals surface area contributed by atoms with Crippen LogP contribution in [0.3, 0.4) is 0 Å². The highest BCUT2D eigenvalue weighted by atomic mass is 16.2. The van der Waals surface area contributed by atoms with Crippen molar-refractivity contribution in [3.63, 3.8) is 0 Å². The Labute approximate surface area is 208 Å². The van der Waals surface area contributed by atoms with Gasteiger partial charge >= 0.3 is 0 Å². The van der Waals surface area contributed by atoms with E-state index in [9.17, 15) is 14.4 Å². The number of carbonyl (C=O) groups excluding carboxylic acids is 3. The van der Waals surface area contributed by atoms with Crippen molar-refractivity contribution in [2.75, 3.05) is 26.7 Å². The smallest absolute Gasteiger partial charge is 0.254 e. The highest BCUT2D eigenvalue weighted by Gasteiger charge is 2.16. The standard InChI is InChI=1S/C27H28N6O3/c1-32(17-24(29)34)27(36)20-11-13-21(14-12-20)33-23-6-3-2-5-22(23)25(31-33)18-7-9-19(10-8-18)26(35)30-16-4-15-28/h2-3,5-14H,4,15-17,28H2,1H3,(H2,29,34)(H,30,35)/p+1. The molecule has 0 aliphatic heterocycles. The lowest BCUT2D eigenvalue weighted by atomic mass is 10.1. The second kappa shape index (κ2) is 10.8. The van der Waals surface area contributed by atoms with Gasteiger partial charge in [-0.3, -0.25) is 14.4 Å². The number of aromatic nitrogens is 2. The molecule has 0 radical (unpaired) electrons. The molecule has 3 aromatic carbocycles. The summed E-state index contributed by atoms with van der Waals surface area (Å²) < 4.78 is 1.82. The van der Waals surface area contributed by atoms with E-state index in [-0.39, 0.29) is 18.4 Å². The van der Waals surface area contributed by atoms with E-state index in [0.29, 0.717) is 17.7 Å². The zero-order valence-corrected chi connectivity index (χ0v) is 20.1. The summed E-state index contributed by atoms with van der Waals surface area (Å²) in [5.41, 5.74) is 13.4. The molecule has 0 bridgehead atoms. The van der Waals surface area contributed by atoms with Crippen molar-refractivity contribution < 1.29 is 20.1 Å². The number of amides is 3. The minimum absolute atomic E-state index is 0.110. The summed E-state index contributed by atoms with van der Waals surface area (Å²) >= 11 is 0. The number of fused-ring (bicyclic) bond motifs is 1. The Balaban J connectivity index is 1.62. The Kier molecular flexibility index (Phi) is 7.41. The summed E-state index contributed by atoms with van der Waals surface area (Å²) in [6, 6.07) is 22.3. The molecule has 0 saturated heterocycles. The fourth-order valence-corrected chi connectivity index (χ4v) is 3.96. The molecule has 4 aromatic rings. The molecule has 184 valence electrons. The van der Waals surface area contributed by atoms with Crippen LogP contribution in [0.15, 0.2) is 72.8 Å². The minimum Gasteiger partial charge on any atom is -0.368 e. The fourth-order valence-electron chi connectivity index (χ4n) is 3.96. The van der Waals surface area contributed by atoms with Crippen molar-refractivity contribution in [3.8, 4) is 16.9 Å². The number of hydrogen-bond acceptors (Lipinski definition) is 4. The molecule has 3 amide bonds. The third-order valence-corrected chi connectivity index (χ3v) is 5.82.